The number of methoxy groups -OCH3 is 1. The molecule has 1 fully saturated rings. The Bertz CT molecular complexity index is 397. The molecular formula is C13H15FO2. The lowest BCUT2D eigenvalue weighted by Crippen LogP contribution is -2.04. The van der Waals surface area contributed by atoms with Crippen LogP contribution in [0.4, 0.5) is 4.39 Å². The van der Waals surface area contributed by atoms with Crippen LogP contribution >= 0.6 is 0 Å². The zero-order valence-corrected chi connectivity index (χ0v) is 9.33. The fraction of sp³-hybridized carbons (Fsp3) is 0.462. The van der Waals surface area contributed by atoms with Crippen molar-refractivity contribution in [3.05, 3.63) is 29.6 Å². The summed E-state index contributed by atoms with van der Waals surface area (Å²) in [5.41, 5.74) is 0.726. The molecule has 0 heterocycles. The number of ether oxygens (including phenoxy) is 1. The van der Waals surface area contributed by atoms with Crippen molar-refractivity contribution in [1.82, 2.24) is 0 Å². The van der Waals surface area contributed by atoms with Gasteiger partial charge in [-0.25, -0.2) is 4.39 Å². The molecule has 2 rings (SSSR count). The Hall–Kier alpha value is -1.38. The first-order valence-corrected chi connectivity index (χ1v) is 5.53. The monoisotopic (exact) mass is 222 g/mol. The lowest BCUT2D eigenvalue weighted by molar-refractivity contribution is -0.118. The van der Waals surface area contributed by atoms with Crippen LogP contribution in [0.1, 0.15) is 24.8 Å². The average molecular weight is 222 g/mol. The van der Waals surface area contributed by atoms with Crippen molar-refractivity contribution >= 4 is 5.78 Å². The minimum Gasteiger partial charge on any atom is -0.494 e. The highest BCUT2D eigenvalue weighted by Gasteiger charge is 2.24. The number of hydrogen-bond acceptors (Lipinski definition) is 2. The van der Waals surface area contributed by atoms with Gasteiger partial charge in [0.05, 0.1) is 7.11 Å². The molecule has 1 aliphatic carbocycles. The number of Topliss-reactive ketones (excluding diaryl/α,β-unsaturated/α-hetero) is 1. The maximum Gasteiger partial charge on any atom is 0.165 e. The number of rotatable bonds is 5. The van der Waals surface area contributed by atoms with E-state index in [9.17, 15) is 9.18 Å². The second-order valence-electron chi connectivity index (χ2n) is 4.33. The highest BCUT2D eigenvalue weighted by molar-refractivity contribution is 5.81. The van der Waals surface area contributed by atoms with Gasteiger partial charge < -0.3 is 4.74 Å². The third kappa shape index (κ3) is 2.81. The summed E-state index contributed by atoms with van der Waals surface area (Å²) in [4.78, 5) is 11.6. The van der Waals surface area contributed by atoms with E-state index < -0.39 is 5.82 Å². The summed E-state index contributed by atoms with van der Waals surface area (Å²) in [6.45, 7) is 0. The Labute approximate surface area is 94.4 Å². The molecule has 86 valence electrons. The van der Waals surface area contributed by atoms with E-state index in [1.807, 2.05) is 0 Å². The van der Waals surface area contributed by atoms with E-state index in [2.05, 4.69) is 0 Å². The van der Waals surface area contributed by atoms with Crippen molar-refractivity contribution in [2.75, 3.05) is 7.11 Å². The molecule has 16 heavy (non-hydrogen) atoms. The predicted octanol–water partition coefficient (Wildman–Crippen LogP) is 2.75. The summed E-state index contributed by atoms with van der Waals surface area (Å²) in [6.07, 6.45) is 3.32. The van der Waals surface area contributed by atoms with Crippen molar-refractivity contribution < 1.29 is 13.9 Å². The smallest absolute Gasteiger partial charge is 0.165 e. The second kappa shape index (κ2) is 4.64. The quantitative estimate of drug-likeness (QED) is 0.765. The number of ketones is 1. The molecule has 0 unspecified atom stereocenters. The van der Waals surface area contributed by atoms with Crippen molar-refractivity contribution in [2.24, 2.45) is 5.92 Å². The molecule has 0 atom stereocenters. The summed E-state index contributed by atoms with van der Waals surface area (Å²) < 4.78 is 18.2. The van der Waals surface area contributed by atoms with Crippen molar-refractivity contribution in [3.8, 4) is 5.75 Å². The third-order valence-electron chi connectivity index (χ3n) is 2.83. The number of hydrogen-bond donors (Lipinski definition) is 0. The number of carbonyl (C=O) groups is 1. The van der Waals surface area contributed by atoms with Crippen molar-refractivity contribution in [3.63, 3.8) is 0 Å². The van der Waals surface area contributed by atoms with Gasteiger partial charge in [0.25, 0.3) is 0 Å². The molecule has 2 nitrogen and oxygen atoms in total. The van der Waals surface area contributed by atoms with Gasteiger partial charge in [-0.2, -0.15) is 0 Å². The van der Waals surface area contributed by atoms with Crippen LogP contribution in [0.25, 0.3) is 0 Å². The van der Waals surface area contributed by atoms with Gasteiger partial charge in [0.1, 0.15) is 5.78 Å². The maximum atomic E-state index is 13.3. The van der Waals surface area contributed by atoms with Gasteiger partial charge in [0, 0.05) is 12.8 Å². The molecule has 0 radical (unpaired) electrons. The number of benzene rings is 1. The van der Waals surface area contributed by atoms with Crippen LogP contribution in [-0.2, 0) is 11.2 Å². The van der Waals surface area contributed by atoms with Crippen molar-refractivity contribution in [1.29, 1.82) is 0 Å². The molecular weight excluding hydrogens is 207 g/mol. The highest BCUT2D eigenvalue weighted by atomic mass is 19.1. The number of halogens is 1. The Morgan fingerprint density at radius 2 is 2.25 bits per heavy atom. The van der Waals surface area contributed by atoms with E-state index in [-0.39, 0.29) is 11.5 Å². The van der Waals surface area contributed by atoms with Crippen LogP contribution in [0, 0.1) is 11.7 Å². The molecule has 0 aliphatic heterocycles. The summed E-state index contributed by atoms with van der Waals surface area (Å²) in [5, 5.41) is 0. The summed E-state index contributed by atoms with van der Waals surface area (Å²) in [6, 6.07) is 4.69. The van der Waals surface area contributed by atoms with Gasteiger partial charge in [-0.05, 0) is 36.5 Å². The molecule has 0 saturated heterocycles. The third-order valence-corrected chi connectivity index (χ3v) is 2.83. The Kier molecular flexibility index (Phi) is 3.22. The largest absolute Gasteiger partial charge is 0.494 e. The maximum absolute atomic E-state index is 13.3. The summed E-state index contributed by atoms with van der Waals surface area (Å²) >= 11 is 0. The van der Waals surface area contributed by atoms with Gasteiger partial charge in [0.2, 0.25) is 0 Å². The Balaban J connectivity index is 1.97. The Morgan fingerprint density at radius 3 is 2.81 bits per heavy atom. The van der Waals surface area contributed by atoms with Gasteiger partial charge in [-0.3, -0.25) is 4.79 Å². The molecule has 3 heteroatoms. The predicted molar refractivity (Wildman–Crippen MR) is 59.0 cm³/mol. The lowest BCUT2D eigenvalue weighted by Gasteiger charge is -2.04. The molecule has 0 bridgehead atoms. The molecule has 1 saturated carbocycles. The summed E-state index contributed by atoms with van der Waals surface area (Å²) in [7, 11) is 1.43. The van der Waals surface area contributed by atoms with E-state index in [0.717, 1.165) is 5.56 Å². The molecule has 1 aliphatic rings. The molecule has 0 spiro atoms. The van der Waals surface area contributed by atoms with E-state index >= 15 is 0 Å². The molecule has 1 aromatic carbocycles. The molecule has 0 N–H and O–H groups in total. The van der Waals surface area contributed by atoms with Crippen LogP contribution in [0.15, 0.2) is 18.2 Å². The lowest BCUT2D eigenvalue weighted by atomic mass is 10.0. The van der Waals surface area contributed by atoms with Crippen LogP contribution in [0.2, 0.25) is 0 Å². The van der Waals surface area contributed by atoms with Crippen LogP contribution in [0.3, 0.4) is 0 Å². The molecule has 1 aromatic rings. The molecule has 0 aromatic heterocycles. The minimum atomic E-state index is -0.403. The van der Waals surface area contributed by atoms with Crippen molar-refractivity contribution in [2.45, 2.75) is 25.7 Å². The fourth-order valence-corrected chi connectivity index (χ4v) is 1.76. The summed E-state index contributed by atoms with van der Waals surface area (Å²) in [5.74, 6) is 0.611. The van der Waals surface area contributed by atoms with E-state index in [4.69, 9.17) is 4.74 Å². The highest BCUT2D eigenvalue weighted by Crippen LogP contribution is 2.32. The first-order chi connectivity index (χ1) is 7.69. The van der Waals surface area contributed by atoms with Gasteiger partial charge in [-0.1, -0.05) is 6.07 Å². The Morgan fingerprint density at radius 1 is 1.50 bits per heavy atom. The average Bonchev–Trinajstić information content (AvgIpc) is 3.01. The molecule has 0 amide bonds. The first kappa shape index (κ1) is 11.1. The second-order valence-corrected chi connectivity index (χ2v) is 4.33. The van der Waals surface area contributed by atoms with Gasteiger partial charge >= 0.3 is 0 Å². The van der Waals surface area contributed by atoms with Gasteiger partial charge in [-0.15, -0.1) is 0 Å². The fourth-order valence-electron chi connectivity index (χ4n) is 1.76. The SMILES string of the molecule is COc1ccc(CC(=O)CC2CC2)cc1F. The standard InChI is InChI=1S/C13H15FO2/c1-16-13-5-4-10(8-12(13)14)7-11(15)6-9-2-3-9/h4-5,8-9H,2-3,6-7H2,1H3. The van der Waals surface area contributed by atoms with Crippen LogP contribution in [0.5, 0.6) is 5.75 Å². The van der Waals surface area contributed by atoms with Gasteiger partial charge in [0.15, 0.2) is 11.6 Å². The van der Waals surface area contributed by atoms with E-state index in [0.29, 0.717) is 18.8 Å². The first-order valence-electron chi connectivity index (χ1n) is 5.53. The van der Waals surface area contributed by atoms with E-state index in [1.165, 1.54) is 26.0 Å². The normalized spacial score (nSPS) is 14.9. The van der Waals surface area contributed by atoms with Crippen LogP contribution < -0.4 is 4.74 Å². The van der Waals surface area contributed by atoms with E-state index in [1.54, 1.807) is 12.1 Å². The van der Waals surface area contributed by atoms with Crippen LogP contribution in [-0.4, -0.2) is 12.9 Å². The zero-order valence-electron chi connectivity index (χ0n) is 9.33. The number of carbonyl (C=O) groups excluding carboxylic acids is 1. The topological polar surface area (TPSA) is 26.3 Å². The zero-order chi connectivity index (χ0) is 11.5. The minimum absolute atomic E-state index is 0.201.